The van der Waals surface area contributed by atoms with Crippen molar-refractivity contribution in [3.8, 4) is 16.9 Å². The molecule has 2 atom stereocenters. The van der Waals surface area contributed by atoms with Crippen molar-refractivity contribution in [3.63, 3.8) is 0 Å². The molecule has 2 unspecified atom stereocenters. The molecule has 16 heteroatoms. The number of benzene rings is 4. The van der Waals surface area contributed by atoms with Gasteiger partial charge in [-0.05, 0) is 48.2 Å². The second-order valence-corrected chi connectivity index (χ2v) is 12.0. The molecule has 0 radical (unpaired) electrons. The maximum absolute atomic E-state index is 16.0. The van der Waals surface area contributed by atoms with Crippen LogP contribution in [0.4, 0.5) is 32.4 Å². The van der Waals surface area contributed by atoms with Gasteiger partial charge in [0.15, 0.2) is 11.6 Å². The Morgan fingerprint density at radius 1 is 0.870 bits per heavy atom. The Bertz CT molecular complexity index is 2050. The molecule has 0 heterocycles. The van der Waals surface area contributed by atoms with Gasteiger partial charge in [0.05, 0.1) is 17.4 Å². The first-order valence-electron chi connectivity index (χ1n) is 16.1. The van der Waals surface area contributed by atoms with Crippen LogP contribution in [-0.2, 0) is 30.7 Å². The Labute approximate surface area is 305 Å². The van der Waals surface area contributed by atoms with Crippen molar-refractivity contribution in [1.82, 2.24) is 4.90 Å². The molecule has 0 fully saturated rings. The zero-order valence-electron chi connectivity index (χ0n) is 29.1. The lowest BCUT2D eigenvalue weighted by Gasteiger charge is -2.28. The molecule has 2 N–H and O–H groups in total. The van der Waals surface area contributed by atoms with Gasteiger partial charge in [-0.1, -0.05) is 67.6 Å². The van der Waals surface area contributed by atoms with Crippen molar-refractivity contribution in [2.75, 3.05) is 26.0 Å². The van der Waals surface area contributed by atoms with Crippen LogP contribution in [0.5, 0.6) is 5.75 Å². The number of nitrogens with zero attached hydrogens (tertiary/aromatic N) is 1. The summed E-state index contributed by atoms with van der Waals surface area (Å²) in [6.45, 7) is 1.95. The number of carboxylic acid groups (broad SMARTS) is 1. The number of ether oxygens (including phenoxy) is 3. The van der Waals surface area contributed by atoms with Gasteiger partial charge >= 0.3 is 24.3 Å². The second-order valence-electron chi connectivity index (χ2n) is 12.0. The first-order chi connectivity index (χ1) is 25.4. The summed E-state index contributed by atoms with van der Waals surface area (Å²) in [6.07, 6.45) is -6.90. The molecule has 0 aliphatic carbocycles. The average molecular weight is 757 g/mol. The molecular weight excluding hydrogens is 723 g/mol. The van der Waals surface area contributed by atoms with E-state index in [0.29, 0.717) is 12.5 Å². The third-order valence-corrected chi connectivity index (χ3v) is 8.19. The van der Waals surface area contributed by atoms with Gasteiger partial charge < -0.3 is 29.5 Å². The summed E-state index contributed by atoms with van der Waals surface area (Å²) in [5.41, 5.74) is -5.17. The lowest BCUT2D eigenvalue weighted by Crippen LogP contribution is -2.50. The summed E-state index contributed by atoms with van der Waals surface area (Å²) in [4.78, 5) is 66.3. The number of rotatable bonds is 12. The van der Waals surface area contributed by atoms with E-state index in [4.69, 9.17) is 14.2 Å². The minimum Gasteiger partial charge on any atom is -0.480 e. The largest absolute Gasteiger partial charge is 0.514 e. The summed E-state index contributed by atoms with van der Waals surface area (Å²) in [5.74, 6) is -10.0. The lowest BCUT2D eigenvalue weighted by molar-refractivity contribution is -0.167. The molecule has 0 aliphatic rings. The molecule has 54 heavy (non-hydrogen) atoms. The van der Waals surface area contributed by atoms with Gasteiger partial charge in [0, 0.05) is 25.7 Å². The number of carbonyl (C=O) groups excluding carboxylic acids is 4. The van der Waals surface area contributed by atoms with Crippen molar-refractivity contribution in [1.29, 1.82) is 0 Å². The predicted molar refractivity (Wildman–Crippen MR) is 183 cm³/mol. The van der Waals surface area contributed by atoms with E-state index in [0.717, 1.165) is 29.2 Å². The fourth-order valence-electron chi connectivity index (χ4n) is 5.09. The number of halogens is 5. The first-order valence-corrected chi connectivity index (χ1v) is 16.1. The highest BCUT2D eigenvalue weighted by Gasteiger charge is 2.52. The highest BCUT2D eigenvalue weighted by molar-refractivity contribution is 6.12. The van der Waals surface area contributed by atoms with Gasteiger partial charge in [-0.2, -0.15) is 13.2 Å². The van der Waals surface area contributed by atoms with Crippen molar-refractivity contribution in [3.05, 3.63) is 119 Å². The third kappa shape index (κ3) is 8.65. The summed E-state index contributed by atoms with van der Waals surface area (Å²) in [6, 6.07) is 16.9. The molecule has 11 nitrogen and oxygen atoms in total. The van der Waals surface area contributed by atoms with Gasteiger partial charge in [0.1, 0.15) is 12.2 Å². The number of amides is 2. The molecule has 0 spiro atoms. The summed E-state index contributed by atoms with van der Waals surface area (Å²) in [5, 5.41) is 12.5. The molecule has 2 amide bonds. The van der Waals surface area contributed by atoms with Crippen LogP contribution < -0.4 is 10.1 Å². The number of anilines is 1. The fraction of sp³-hybridized carbons (Fsp3) is 0.237. The van der Waals surface area contributed by atoms with E-state index in [1.54, 1.807) is 6.92 Å². The standard InChI is InChI=1S/C38H33F5N2O9/c1-5-21(2)53-35(50)37(34(48)49,23-11-7-6-8-12-23)20-52-36(51)54-31-27(39)19-28(29(30(31)40)33(47)45(3)4)44-32(46)26-14-10-9-13-25(26)22-15-17-24(18-16-22)38(41,42)43/h6-19,21H,5,20H2,1-4H3,(H,44,46)(H,48,49). The third-order valence-electron chi connectivity index (χ3n) is 8.19. The van der Waals surface area contributed by atoms with Crippen molar-refractivity contribution in [2.24, 2.45) is 0 Å². The van der Waals surface area contributed by atoms with E-state index in [1.165, 1.54) is 75.6 Å². The zero-order chi connectivity index (χ0) is 40.0. The molecule has 0 saturated heterocycles. The minimum absolute atomic E-state index is 0.141. The van der Waals surface area contributed by atoms with E-state index in [1.807, 2.05) is 0 Å². The van der Waals surface area contributed by atoms with Crippen LogP contribution in [-0.4, -0.2) is 66.7 Å². The van der Waals surface area contributed by atoms with Crippen LogP contribution in [0.25, 0.3) is 11.1 Å². The Balaban J connectivity index is 1.67. The molecule has 4 aromatic rings. The van der Waals surface area contributed by atoms with Crippen LogP contribution in [0.3, 0.4) is 0 Å². The van der Waals surface area contributed by atoms with E-state index in [-0.39, 0.29) is 22.3 Å². The average Bonchev–Trinajstić information content (AvgIpc) is 3.13. The van der Waals surface area contributed by atoms with Gasteiger partial charge in [0.2, 0.25) is 11.2 Å². The van der Waals surface area contributed by atoms with Crippen LogP contribution in [0.1, 0.15) is 52.1 Å². The molecule has 0 aromatic heterocycles. The smallest absolute Gasteiger partial charge is 0.480 e. The fourth-order valence-corrected chi connectivity index (χ4v) is 5.09. The first kappa shape index (κ1) is 40.5. The number of carbonyl (C=O) groups is 5. The Kier molecular flexibility index (Phi) is 12.4. The summed E-state index contributed by atoms with van der Waals surface area (Å²) in [7, 11) is 2.41. The summed E-state index contributed by atoms with van der Waals surface area (Å²) < 4.78 is 85.9. The highest BCUT2D eigenvalue weighted by Crippen LogP contribution is 2.35. The predicted octanol–water partition coefficient (Wildman–Crippen LogP) is 7.48. The van der Waals surface area contributed by atoms with Gasteiger partial charge in [-0.3, -0.25) is 19.2 Å². The molecular formula is C38H33F5N2O9. The number of aliphatic carboxylic acids is 1. The highest BCUT2D eigenvalue weighted by atomic mass is 19.4. The minimum atomic E-state index is -4.61. The molecule has 4 rings (SSSR count). The molecule has 0 saturated carbocycles. The number of alkyl halides is 3. The van der Waals surface area contributed by atoms with Crippen LogP contribution in [0, 0.1) is 11.6 Å². The number of hydrogen-bond acceptors (Lipinski definition) is 8. The van der Waals surface area contributed by atoms with Gasteiger partial charge in [-0.25, -0.2) is 13.6 Å². The van der Waals surface area contributed by atoms with Gasteiger partial charge in [0.25, 0.3) is 11.8 Å². The van der Waals surface area contributed by atoms with E-state index in [9.17, 15) is 42.3 Å². The number of esters is 1. The topological polar surface area (TPSA) is 149 Å². The zero-order valence-corrected chi connectivity index (χ0v) is 29.1. The monoisotopic (exact) mass is 756 g/mol. The number of nitrogens with one attached hydrogen (secondary N) is 1. The maximum Gasteiger partial charge on any atom is 0.514 e. The van der Waals surface area contributed by atoms with Crippen LogP contribution in [0.2, 0.25) is 0 Å². The van der Waals surface area contributed by atoms with Gasteiger partial charge in [-0.15, -0.1) is 0 Å². The van der Waals surface area contributed by atoms with E-state index in [2.05, 4.69) is 5.32 Å². The van der Waals surface area contributed by atoms with Crippen LogP contribution in [0.15, 0.2) is 84.9 Å². The lowest BCUT2D eigenvalue weighted by atomic mass is 9.81. The Morgan fingerprint density at radius 3 is 2.06 bits per heavy atom. The number of hydrogen-bond donors (Lipinski definition) is 2. The molecule has 0 aliphatic heterocycles. The normalized spacial score (nSPS) is 12.8. The van der Waals surface area contributed by atoms with Crippen molar-refractivity contribution in [2.45, 2.75) is 38.0 Å². The quantitative estimate of drug-likeness (QED) is 0.0650. The Hall–Kier alpha value is -6.32. The molecule has 0 bridgehead atoms. The second kappa shape index (κ2) is 16.6. The van der Waals surface area contributed by atoms with E-state index < -0.39 is 88.4 Å². The molecule has 4 aromatic carbocycles. The van der Waals surface area contributed by atoms with Crippen molar-refractivity contribution < 1.29 is 65.2 Å². The Morgan fingerprint density at radius 2 is 1.48 bits per heavy atom. The number of carboxylic acids is 1. The van der Waals surface area contributed by atoms with E-state index >= 15 is 8.78 Å². The maximum atomic E-state index is 16.0. The van der Waals surface area contributed by atoms with Crippen LogP contribution >= 0.6 is 0 Å². The van der Waals surface area contributed by atoms with Crippen molar-refractivity contribution >= 4 is 35.6 Å². The summed E-state index contributed by atoms with van der Waals surface area (Å²) >= 11 is 0. The molecule has 284 valence electrons. The SMILES string of the molecule is CCC(C)OC(=O)C(COC(=O)Oc1c(F)cc(NC(=O)c2ccccc2-c2ccc(C(F)(F)F)cc2)c(C(=O)N(C)C)c1F)(C(=O)O)c1ccccc1.